The molecule has 17 heavy (non-hydrogen) atoms. The van der Waals surface area contributed by atoms with Crippen molar-refractivity contribution in [2.75, 3.05) is 5.32 Å². The van der Waals surface area contributed by atoms with Crippen LogP contribution in [0.25, 0.3) is 0 Å². The number of amides is 1. The highest BCUT2D eigenvalue weighted by Gasteiger charge is 2.09. The maximum atomic E-state index is 11.8. The van der Waals surface area contributed by atoms with Gasteiger partial charge in [0.2, 0.25) is 5.13 Å². The first kappa shape index (κ1) is 11.7. The average Bonchev–Trinajstić information content (AvgIpc) is 2.78. The molecule has 0 aliphatic heterocycles. The largest absolute Gasteiger partial charge is 0.297 e. The van der Waals surface area contributed by atoms with Crippen molar-refractivity contribution < 1.29 is 4.79 Å². The van der Waals surface area contributed by atoms with Gasteiger partial charge in [0.1, 0.15) is 5.82 Å². The van der Waals surface area contributed by atoms with Gasteiger partial charge in [0, 0.05) is 30.3 Å². The molecule has 2 aromatic rings. The summed E-state index contributed by atoms with van der Waals surface area (Å²) in [7, 11) is 0. The lowest BCUT2D eigenvalue weighted by Gasteiger charge is -1.99. The van der Waals surface area contributed by atoms with E-state index >= 15 is 0 Å². The third kappa shape index (κ3) is 3.07. The quantitative estimate of drug-likeness (QED) is 0.900. The zero-order valence-electron chi connectivity index (χ0n) is 9.38. The molecule has 0 aliphatic rings. The van der Waals surface area contributed by atoms with Crippen molar-refractivity contribution >= 4 is 22.6 Å². The number of hydrogen-bond donors (Lipinski definition) is 1. The summed E-state index contributed by atoms with van der Waals surface area (Å²) >= 11 is 1.20. The van der Waals surface area contributed by atoms with Crippen LogP contribution in [-0.4, -0.2) is 20.2 Å². The van der Waals surface area contributed by atoms with Crippen molar-refractivity contribution in [1.29, 1.82) is 0 Å². The summed E-state index contributed by atoms with van der Waals surface area (Å²) in [5, 5.41) is 3.23. The lowest BCUT2D eigenvalue weighted by atomic mass is 10.3. The Labute approximate surface area is 103 Å². The van der Waals surface area contributed by atoms with Gasteiger partial charge in [0.05, 0.1) is 5.56 Å². The van der Waals surface area contributed by atoms with E-state index in [1.165, 1.54) is 17.7 Å². The van der Waals surface area contributed by atoms with E-state index in [1.54, 1.807) is 18.3 Å². The smallest absolute Gasteiger partial charge is 0.259 e. The third-order valence-corrected chi connectivity index (χ3v) is 2.75. The fraction of sp³-hybridized carbons (Fsp3) is 0.273. The summed E-state index contributed by atoms with van der Waals surface area (Å²) in [6, 6.07) is 3.42. The van der Waals surface area contributed by atoms with E-state index in [4.69, 9.17) is 0 Å². The first-order valence-electron chi connectivity index (χ1n) is 5.33. The normalized spacial score (nSPS) is 10.2. The van der Waals surface area contributed by atoms with Crippen molar-refractivity contribution in [1.82, 2.24) is 14.3 Å². The van der Waals surface area contributed by atoms with Crippen LogP contribution in [-0.2, 0) is 6.42 Å². The molecule has 5 nitrogen and oxygen atoms in total. The predicted octanol–water partition coefficient (Wildman–Crippen LogP) is 2.14. The molecule has 0 radical (unpaired) electrons. The Hall–Kier alpha value is -1.82. The minimum atomic E-state index is -0.211. The number of carbonyl (C=O) groups is 1. The fourth-order valence-corrected chi connectivity index (χ4v) is 1.90. The fourth-order valence-electron chi connectivity index (χ4n) is 1.30. The molecule has 2 rings (SSSR count). The van der Waals surface area contributed by atoms with E-state index in [0.717, 1.165) is 18.7 Å². The Kier molecular flexibility index (Phi) is 3.77. The van der Waals surface area contributed by atoms with E-state index in [0.29, 0.717) is 10.7 Å². The molecular formula is C11H12N4OS. The summed E-state index contributed by atoms with van der Waals surface area (Å²) in [5.74, 6) is 0.566. The second-order valence-corrected chi connectivity index (χ2v) is 4.21. The van der Waals surface area contributed by atoms with Gasteiger partial charge in [-0.15, -0.1) is 0 Å². The number of nitrogens with one attached hydrogen (secondary N) is 1. The third-order valence-electron chi connectivity index (χ3n) is 2.09. The molecule has 1 N–H and O–H groups in total. The van der Waals surface area contributed by atoms with E-state index in [9.17, 15) is 4.79 Å². The molecule has 1 amide bonds. The van der Waals surface area contributed by atoms with Crippen LogP contribution in [0, 0.1) is 0 Å². The van der Waals surface area contributed by atoms with E-state index in [2.05, 4.69) is 26.6 Å². The molecule has 0 unspecified atom stereocenters. The minimum absolute atomic E-state index is 0.211. The van der Waals surface area contributed by atoms with Gasteiger partial charge in [-0.05, 0) is 18.6 Å². The van der Waals surface area contributed by atoms with Crippen LogP contribution in [0.2, 0.25) is 0 Å². The molecule has 0 aliphatic carbocycles. The molecule has 0 saturated carbocycles. The topological polar surface area (TPSA) is 67.8 Å². The van der Waals surface area contributed by atoms with Crippen LogP contribution in [0.4, 0.5) is 5.13 Å². The second kappa shape index (κ2) is 5.49. The van der Waals surface area contributed by atoms with Gasteiger partial charge in [-0.3, -0.25) is 15.1 Å². The zero-order valence-corrected chi connectivity index (χ0v) is 10.2. The van der Waals surface area contributed by atoms with Crippen molar-refractivity contribution in [3.63, 3.8) is 0 Å². The predicted molar refractivity (Wildman–Crippen MR) is 66.1 cm³/mol. The maximum absolute atomic E-state index is 11.8. The number of rotatable bonds is 4. The molecule has 0 atom stereocenters. The van der Waals surface area contributed by atoms with Gasteiger partial charge in [0.25, 0.3) is 5.91 Å². The highest BCUT2D eigenvalue weighted by Crippen LogP contribution is 2.13. The van der Waals surface area contributed by atoms with Gasteiger partial charge >= 0.3 is 0 Å². The standard InChI is InChI=1S/C11H12N4OS/c1-2-4-9-13-11(17-15-9)14-10(16)8-5-3-6-12-7-8/h3,5-7H,2,4H2,1H3,(H,13,14,15,16). The van der Waals surface area contributed by atoms with E-state index < -0.39 is 0 Å². The maximum Gasteiger partial charge on any atom is 0.259 e. The summed E-state index contributed by atoms with van der Waals surface area (Å²) in [6.45, 7) is 2.06. The lowest BCUT2D eigenvalue weighted by molar-refractivity contribution is 0.102. The number of aromatic nitrogens is 3. The number of pyridine rings is 1. The summed E-state index contributed by atoms with van der Waals surface area (Å²) in [4.78, 5) is 19.9. The second-order valence-electron chi connectivity index (χ2n) is 3.46. The number of nitrogens with zero attached hydrogens (tertiary/aromatic N) is 3. The van der Waals surface area contributed by atoms with Crippen molar-refractivity contribution in [2.24, 2.45) is 0 Å². The van der Waals surface area contributed by atoms with Gasteiger partial charge in [-0.1, -0.05) is 6.92 Å². The number of aryl methyl sites for hydroxylation is 1. The zero-order chi connectivity index (χ0) is 12.1. The molecule has 2 heterocycles. The Morgan fingerprint density at radius 2 is 2.41 bits per heavy atom. The van der Waals surface area contributed by atoms with E-state index in [1.807, 2.05) is 0 Å². The van der Waals surface area contributed by atoms with Crippen LogP contribution in [0.15, 0.2) is 24.5 Å². The molecule has 0 saturated heterocycles. The average molecular weight is 248 g/mol. The van der Waals surface area contributed by atoms with E-state index in [-0.39, 0.29) is 5.91 Å². The summed E-state index contributed by atoms with van der Waals surface area (Å²) < 4.78 is 4.15. The lowest BCUT2D eigenvalue weighted by Crippen LogP contribution is -2.11. The Morgan fingerprint density at radius 1 is 1.53 bits per heavy atom. The molecule has 0 bridgehead atoms. The molecular weight excluding hydrogens is 236 g/mol. The van der Waals surface area contributed by atoms with Gasteiger partial charge < -0.3 is 0 Å². The first-order chi connectivity index (χ1) is 8.29. The number of hydrogen-bond acceptors (Lipinski definition) is 5. The first-order valence-corrected chi connectivity index (χ1v) is 6.11. The molecule has 0 fully saturated rings. The highest BCUT2D eigenvalue weighted by molar-refractivity contribution is 7.09. The van der Waals surface area contributed by atoms with Crippen LogP contribution in [0.3, 0.4) is 0 Å². The molecule has 2 aromatic heterocycles. The Morgan fingerprint density at radius 3 is 3.12 bits per heavy atom. The van der Waals surface area contributed by atoms with Crippen LogP contribution in [0.1, 0.15) is 29.5 Å². The van der Waals surface area contributed by atoms with Crippen molar-refractivity contribution in [3.8, 4) is 0 Å². The number of anilines is 1. The summed E-state index contributed by atoms with van der Waals surface area (Å²) in [6.07, 6.45) is 4.97. The van der Waals surface area contributed by atoms with Crippen molar-refractivity contribution in [3.05, 3.63) is 35.9 Å². The molecule has 88 valence electrons. The molecule has 0 spiro atoms. The van der Waals surface area contributed by atoms with Gasteiger partial charge in [-0.25, -0.2) is 4.98 Å². The monoisotopic (exact) mass is 248 g/mol. The Balaban J connectivity index is 2.03. The van der Waals surface area contributed by atoms with Gasteiger partial charge in [-0.2, -0.15) is 4.37 Å². The minimum Gasteiger partial charge on any atom is -0.297 e. The van der Waals surface area contributed by atoms with Crippen LogP contribution >= 0.6 is 11.5 Å². The SMILES string of the molecule is CCCc1nsc(NC(=O)c2cccnc2)n1. The molecule has 0 aromatic carbocycles. The number of carbonyl (C=O) groups excluding carboxylic acids is 1. The van der Waals surface area contributed by atoms with Crippen LogP contribution in [0.5, 0.6) is 0 Å². The highest BCUT2D eigenvalue weighted by atomic mass is 32.1. The van der Waals surface area contributed by atoms with Crippen LogP contribution < -0.4 is 5.32 Å². The van der Waals surface area contributed by atoms with Gasteiger partial charge in [0.15, 0.2) is 0 Å². The summed E-state index contributed by atoms with van der Waals surface area (Å²) in [5.41, 5.74) is 0.514. The molecule has 6 heteroatoms. The Bertz CT molecular complexity index is 497. The van der Waals surface area contributed by atoms with Crippen molar-refractivity contribution in [2.45, 2.75) is 19.8 Å².